The molecule has 4 fully saturated rings. The first kappa shape index (κ1) is 25.5. The molecule has 2 N–H and O–H groups in total. The van der Waals surface area contributed by atoms with Gasteiger partial charge in [0.25, 0.3) is 5.56 Å². The van der Waals surface area contributed by atoms with Gasteiger partial charge in [-0.2, -0.15) is 4.98 Å². The van der Waals surface area contributed by atoms with E-state index in [9.17, 15) is 9.90 Å². The second kappa shape index (κ2) is 9.75. The minimum absolute atomic E-state index is 0.237. The highest BCUT2D eigenvalue weighted by Crippen LogP contribution is 2.60. The lowest BCUT2D eigenvalue weighted by atomic mass is 9.82. The third kappa shape index (κ3) is 4.22. The number of aliphatic hydroxyl groups is 1. The van der Waals surface area contributed by atoms with Crippen LogP contribution in [0.15, 0.2) is 60.0 Å². The van der Waals surface area contributed by atoms with Gasteiger partial charge in [-0.15, -0.1) is 6.58 Å². The van der Waals surface area contributed by atoms with E-state index >= 15 is 0 Å². The first-order chi connectivity index (χ1) is 21.2. The molecule has 3 aliphatic heterocycles. The van der Waals surface area contributed by atoms with Crippen LogP contribution in [0.5, 0.6) is 0 Å². The van der Waals surface area contributed by atoms with Crippen molar-refractivity contribution in [2.45, 2.75) is 76.7 Å². The van der Waals surface area contributed by atoms with Crippen molar-refractivity contribution in [3.8, 4) is 5.82 Å². The van der Waals surface area contributed by atoms with Crippen molar-refractivity contribution in [3.05, 3.63) is 76.9 Å². The standard InChI is InChI=1S/C33H38N8O2/c1-4-15-39-31(43)26-17-34-32(35-22-6-8-23(9-7-22)38-18-24-16-25(19-38)40(24)20(2)3)37-30(26)41(39)27-10-5-21-11-12-33(13-14-33)29(42)28(21)36-27/h4-10,17,20,24-25,29,42H,1,11-16,18-19H2,2-3H3,(H,34,35,37)/t24?,25?,29-/m0/s1/i29D. The molecule has 3 aromatic heterocycles. The van der Waals surface area contributed by atoms with E-state index in [1.807, 2.05) is 24.3 Å². The Bertz CT molecular complexity index is 1830. The molecular formula is C33H38N8O2. The molecule has 2 bridgehead atoms. The summed E-state index contributed by atoms with van der Waals surface area (Å²) in [6.07, 6.45) is 5.93. The summed E-state index contributed by atoms with van der Waals surface area (Å²) in [6, 6.07) is 13.9. The number of aromatic nitrogens is 5. The normalized spacial score (nSPS) is 25.9. The van der Waals surface area contributed by atoms with Gasteiger partial charge in [0.2, 0.25) is 5.95 Å². The van der Waals surface area contributed by atoms with Gasteiger partial charge in [0.05, 0.1) is 13.6 Å². The number of piperidine rings is 1. The Balaban J connectivity index is 1.11. The summed E-state index contributed by atoms with van der Waals surface area (Å²) < 4.78 is 12.0. The van der Waals surface area contributed by atoms with Gasteiger partial charge in [0, 0.05) is 54.2 Å². The summed E-state index contributed by atoms with van der Waals surface area (Å²) >= 11 is 0. The Hall–Kier alpha value is -4.02. The summed E-state index contributed by atoms with van der Waals surface area (Å²) in [5.41, 5.74) is 3.01. The molecule has 0 amide bonds. The number of rotatable bonds is 7. The zero-order valence-electron chi connectivity index (χ0n) is 25.7. The fourth-order valence-electron chi connectivity index (χ4n) is 7.57. The highest BCUT2D eigenvalue weighted by Gasteiger charge is 2.52. The zero-order valence-corrected chi connectivity index (χ0v) is 24.7. The van der Waals surface area contributed by atoms with Crippen LogP contribution in [-0.4, -0.2) is 65.5 Å². The molecule has 6 heterocycles. The van der Waals surface area contributed by atoms with Crippen molar-refractivity contribution in [2.75, 3.05) is 23.3 Å². The molecule has 2 aliphatic carbocycles. The molecule has 1 saturated carbocycles. The van der Waals surface area contributed by atoms with Gasteiger partial charge >= 0.3 is 0 Å². The smallest absolute Gasteiger partial charge is 0.278 e. The number of allylic oxidation sites excluding steroid dienone is 1. The van der Waals surface area contributed by atoms with Gasteiger partial charge in [-0.3, -0.25) is 9.69 Å². The predicted molar refractivity (Wildman–Crippen MR) is 167 cm³/mol. The van der Waals surface area contributed by atoms with E-state index in [1.165, 1.54) is 23.0 Å². The molecule has 2 unspecified atom stereocenters. The molecule has 3 saturated heterocycles. The van der Waals surface area contributed by atoms with E-state index in [2.05, 4.69) is 52.7 Å². The average molecular weight is 580 g/mol. The van der Waals surface area contributed by atoms with E-state index in [0.717, 1.165) is 50.0 Å². The maximum absolute atomic E-state index is 13.5. The maximum atomic E-state index is 13.5. The molecule has 10 nitrogen and oxygen atoms in total. The van der Waals surface area contributed by atoms with Crippen molar-refractivity contribution in [3.63, 3.8) is 0 Å². The number of pyridine rings is 1. The van der Waals surface area contributed by atoms with Crippen LogP contribution in [0.2, 0.25) is 0 Å². The minimum Gasteiger partial charge on any atom is -0.386 e. The van der Waals surface area contributed by atoms with E-state index in [4.69, 9.17) is 11.3 Å². The fraction of sp³-hybridized carbons (Fsp3) is 0.455. The van der Waals surface area contributed by atoms with Gasteiger partial charge in [0.1, 0.15) is 11.5 Å². The van der Waals surface area contributed by atoms with Crippen LogP contribution in [-0.2, 0) is 13.0 Å². The first-order valence-corrected chi connectivity index (χ1v) is 15.4. The molecule has 1 aromatic carbocycles. The summed E-state index contributed by atoms with van der Waals surface area (Å²) in [4.78, 5) is 32.6. The number of piperazine rings is 1. The summed E-state index contributed by atoms with van der Waals surface area (Å²) in [6.45, 7) is 10.7. The first-order valence-electron chi connectivity index (χ1n) is 15.9. The molecule has 0 radical (unpaired) electrons. The van der Waals surface area contributed by atoms with E-state index in [-0.39, 0.29) is 12.1 Å². The van der Waals surface area contributed by atoms with Crippen LogP contribution in [0.1, 0.15) is 58.2 Å². The van der Waals surface area contributed by atoms with E-state index in [1.54, 1.807) is 10.8 Å². The Morgan fingerprint density at radius 1 is 1.14 bits per heavy atom. The molecule has 3 atom stereocenters. The van der Waals surface area contributed by atoms with Crippen LogP contribution in [0.3, 0.4) is 0 Å². The summed E-state index contributed by atoms with van der Waals surface area (Å²) in [7, 11) is 0. The average Bonchev–Trinajstić information content (AvgIpc) is 3.76. The van der Waals surface area contributed by atoms with Crippen molar-refractivity contribution < 1.29 is 6.48 Å². The number of hydrogen-bond donors (Lipinski definition) is 2. The van der Waals surface area contributed by atoms with Gasteiger partial charge in [-0.1, -0.05) is 12.1 Å². The SMILES string of the molecule is [2H][C@]1(O)c2nc(-n3c4nc(Nc5ccc(N6CC7CC(C6)N7C(C)C)cc5)ncc4c(=O)n3CC=C)ccc2CCC12CC2. The highest BCUT2D eigenvalue weighted by molar-refractivity contribution is 5.77. The van der Waals surface area contributed by atoms with Crippen LogP contribution >= 0.6 is 0 Å². The van der Waals surface area contributed by atoms with Crippen molar-refractivity contribution in [1.82, 2.24) is 29.2 Å². The monoisotopic (exact) mass is 579 g/mol. The second-order valence-electron chi connectivity index (χ2n) is 12.9. The van der Waals surface area contributed by atoms with E-state index < -0.39 is 11.5 Å². The lowest BCUT2D eigenvalue weighted by molar-refractivity contribution is -0.0270. The molecule has 4 aromatic rings. The number of hydrogen-bond acceptors (Lipinski definition) is 8. The fourth-order valence-corrected chi connectivity index (χ4v) is 7.57. The summed E-state index contributed by atoms with van der Waals surface area (Å²) in [5, 5.41) is 15.0. The number of fused-ring (bicyclic) bond motifs is 4. The zero-order chi connectivity index (χ0) is 30.4. The predicted octanol–water partition coefficient (Wildman–Crippen LogP) is 4.34. The molecule has 222 valence electrons. The van der Waals surface area contributed by atoms with Crippen molar-refractivity contribution in [2.24, 2.45) is 5.41 Å². The second-order valence-corrected chi connectivity index (χ2v) is 12.9. The third-order valence-corrected chi connectivity index (χ3v) is 9.95. The number of benzene rings is 1. The lowest BCUT2D eigenvalue weighted by Gasteiger charge is -2.58. The molecular weight excluding hydrogens is 540 g/mol. The number of nitrogens with zero attached hydrogens (tertiary/aromatic N) is 7. The van der Waals surface area contributed by atoms with Crippen LogP contribution in [0.25, 0.3) is 16.9 Å². The minimum atomic E-state index is -1.76. The third-order valence-electron chi connectivity index (χ3n) is 9.95. The quantitative estimate of drug-likeness (QED) is 0.312. The van der Waals surface area contributed by atoms with Crippen LogP contribution < -0.4 is 15.8 Å². The molecule has 10 heteroatoms. The Morgan fingerprint density at radius 2 is 1.91 bits per heavy atom. The van der Waals surface area contributed by atoms with Gasteiger partial charge in [-0.05, 0) is 81.8 Å². The van der Waals surface area contributed by atoms with Crippen LogP contribution in [0.4, 0.5) is 17.3 Å². The van der Waals surface area contributed by atoms with Crippen LogP contribution in [0, 0.1) is 5.41 Å². The molecule has 43 heavy (non-hydrogen) atoms. The topological polar surface area (TPSA) is 104 Å². The summed E-state index contributed by atoms with van der Waals surface area (Å²) in [5.74, 6) is 0.777. The largest absolute Gasteiger partial charge is 0.386 e. The van der Waals surface area contributed by atoms with Gasteiger partial charge in [-0.25, -0.2) is 19.3 Å². The molecule has 9 rings (SSSR count). The molecule has 1 spiro atoms. The van der Waals surface area contributed by atoms with Gasteiger partial charge < -0.3 is 15.3 Å². The Morgan fingerprint density at radius 3 is 2.60 bits per heavy atom. The van der Waals surface area contributed by atoms with Crippen molar-refractivity contribution >= 4 is 28.4 Å². The van der Waals surface area contributed by atoms with E-state index in [0.29, 0.717) is 46.6 Å². The Kier molecular flexibility index (Phi) is 5.78. The van der Waals surface area contributed by atoms with Crippen molar-refractivity contribution in [1.29, 1.82) is 0 Å². The highest BCUT2D eigenvalue weighted by atomic mass is 16.3. The molecule has 5 aliphatic rings. The number of nitrogens with one attached hydrogen (secondary N) is 1. The number of aryl methyl sites for hydroxylation is 1. The maximum Gasteiger partial charge on any atom is 0.278 e. The Labute approximate surface area is 252 Å². The van der Waals surface area contributed by atoms with Gasteiger partial charge in [0.15, 0.2) is 11.5 Å². The number of anilines is 3. The lowest BCUT2D eigenvalue weighted by Crippen LogP contribution is -2.70.